The number of hydrogen-bond donors (Lipinski definition) is 1. The van der Waals surface area contributed by atoms with Gasteiger partial charge in [-0.25, -0.2) is 0 Å². The first-order valence-electron chi connectivity index (χ1n) is 6.10. The highest BCUT2D eigenvalue weighted by molar-refractivity contribution is 6.20. The third kappa shape index (κ3) is 5.71. The number of alkyl halides is 1. The second-order valence-corrected chi connectivity index (χ2v) is 5.49. The van der Waals surface area contributed by atoms with Crippen molar-refractivity contribution >= 4 is 17.5 Å². The van der Waals surface area contributed by atoms with Gasteiger partial charge in [0.05, 0.1) is 17.9 Å². The summed E-state index contributed by atoms with van der Waals surface area (Å²) in [7, 11) is 0. The fourth-order valence-corrected chi connectivity index (χ4v) is 2.34. The summed E-state index contributed by atoms with van der Waals surface area (Å²) in [4.78, 5) is 11.5. The van der Waals surface area contributed by atoms with Crippen LogP contribution in [-0.2, 0) is 9.53 Å². The summed E-state index contributed by atoms with van der Waals surface area (Å²) in [5.74, 6) is 0.624. The van der Waals surface area contributed by atoms with Crippen LogP contribution < -0.4 is 5.32 Å². The summed E-state index contributed by atoms with van der Waals surface area (Å²) >= 11 is 6.09. The van der Waals surface area contributed by atoms with Gasteiger partial charge < -0.3 is 10.1 Å². The summed E-state index contributed by atoms with van der Waals surface area (Å²) in [5, 5.41) is 2.90. The van der Waals surface area contributed by atoms with Gasteiger partial charge in [0.25, 0.3) is 0 Å². The molecule has 0 spiro atoms. The van der Waals surface area contributed by atoms with Crippen LogP contribution >= 0.6 is 11.6 Å². The zero-order valence-corrected chi connectivity index (χ0v) is 10.9. The highest BCUT2D eigenvalue weighted by Crippen LogP contribution is 2.15. The van der Waals surface area contributed by atoms with E-state index in [-0.39, 0.29) is 17.4 Å². The molecular formula is C12H22ClNO2. The molecule has 0 radical (unpaired) electrons. The molecule has 1 amide bonds. The molecule has 1 aliphatic heterocycles. The molecule has 94 valence electrons. The molecule has 0 aromatic rings. The van der Waals surface area contributed by atoms with Crippen LogP contribution in [0.2, 0.25) is 0 Å². The Morgan fingerprint density at radius 3 is 2.88 bits per heavy atom. The van der Waals surface area contributed by atoms with Gasteiger partial charge in [0.15, 0.2) is 0 Å². The van der Waals surface area contributed by atoms with Crippen LogP contribution in [0.3, 0.4) is 0 Å². The second kappa shape index (κ2) is 7.13. The van der Waals surface area contributed by atoms with Crippen LogP contribution in [0.25, 0.3) is 0 Å². The van der Waals surface area contributed by atoms with Crippen molar-refractivity contribution in [3.8, 4) is 0 Å². The van der Waals surface area contributed by atoms with Gasteiger partial charge in [-0.2, -0.15) is 0 Å². The number of hydrogen-bond acceptors (Lipinski definition) is 2. The zero-order chi connectivity index (χ0) is 12.0. The molecule has 1 rings (SSSR count). The standard InChI is InChI=1S/C12H22ClNO2/c1-9(2)6-10(13)8-14-12(15)7-11-4-3-5-16-11/h9-11H,3-8H2,1-2H3,(H,14,15). The maximum Gasteiger partial charge on any atom is 0.222 e. The van der Waals surface area contributed by atoms with Gasteiger partial charge in [-0.05, 0) is 25.2 Å². The molecule has 1 heterocycles. The van der Waals surface area contributed by atoms with E-state index in [2.05, 4.69) is 19.2 Å². The number of ether oxygens (including phenoxy) is 1. The monoisotopic (exact) mass is 247 g/mol. The molecule has 0 saturated carbocycles. The molecule has 0 aromatic carbocycles. The Morgan fingerprint density at radius 1 is 1.56 bits per heavy atom. The lowest BCUT2D eigenvalue weighted by Crippen LogP contribution is -2.32. The summed E-state index contributed by atoms with van der Waals surface area (Å²) in [5.41, 5.74) is 0. The molecule has 0 aliphatic carbocycles. The molecule has 1 aliphatic rings. The normalized spacial score (nSPS) is 22.4. The lowest BCUT2D eigenvalue weighted by Gasteiger charge is -2.14. The van der Waals surface area contributed by atoms with Crippen molar-refractivity contribution in [1.29, 1.82) is 0 Å². The predicted octanol–water partition coefficient (Wildman–Crippen LogP) is 2.33. The molecule has 16 heavy (non-hydrogen) atoms. The Balaban J connectivity index is 2.09. The minimum absolute atomic E-state index is 0.0356. The van der Waals surface area contributed by atoms with Gasteiger partial charge in [0, 0.05) is 13.2 Å². The van der Waals surface area contributed by atoms with Crippen molar-refractivity contribution in [3.63, 3.8) is 0 Å². The van der Waals surface area contributed by atoms with Crippen molar-refractivity contribution in [2.45, 2.75) is 51.0 Å². The van der Waals surface area contributed by atoms with E-state index in [1.54, 1.807) is 0 Å². The first-order valence-corrected chi connectivity index (χ1v) is 6.54. The second-order valence-electron chi connectivity index (χ2n) is 4.87. The number of rotatable bonds is 6. The zero-order valence-electron chi connectivity index (χ0n) is 10.2. The van der Waals surface area contributed by atoms with Crippen molar-refractivity contribution in [3.05, 3.63) is 0 Å². The van der Waals surface area contributed by atoms with Gasteiger partial charge in [0.1, 0.15) is 0 Å². The van der Waals surface area contributed by atoms with Crippen LogP contribution in [0.4, 0.5) is 0 Å². The highest BCUT2D eigenvalue weighted by Gasteiger charge is 2.19. The maximum absolute atomic E-state index is 11.5. The van der Waals surface area contributed by atoms with Crippen LogP contribution in [0.15, 0.2) is 0 Å². The number of halogens is 1. The molecule has 2 atom stereocenters. The average molecular weight is 248 g/mol. The Hall–Kier alpha value is -0.280. The molecule has 4 heteroatoms. The van der Waals surface area contributed by atoms with E-state index in [0.29, 0.717) is 18.9 Å². The topological polar surface area (TPSA) is 38.3 Å². The van der Waals surface area contributed by atoms with E-state index in [4.69, 9.17) is 16.3 Å². The van der Waals surface area contributed by atoms with E-state index < -0.39 is 0 Å². The van der Waals surface area contributed by atoms with E-state index >= 15 is 0 Å². The molecule has 1 fully saturated rings. The third-order valence-corrected chi connectivity index (χ3v) is 3.02. The SMILES string of the molecule is CC(C)CC(Cl)CNC(=O)CC1CCCO1. The Kier molecular flexibility index (Phi) is 6.14. The lowest BCUT2D eigenvalue weighted by atomic mass is 10.1. The van der Waals surface area contributed by atoms with Gasteiger partial charge in [-0.15, -0.1) is 11.6 Å². The minimum Gasteiger partial charge on any atom is -0.378 e. The molecule has 0 aromatic heterocycles. The van der Waals surface area contributed by atoms with Gasteiger partial charge >= 0.3 is 0 Å². The third-order valence-electron chi connectivity index (χ3n) is 2.68. The molecule has 0 bridgehead atoms. The summed E-state index contributed by atoms with van der Waals surface area (Å²) in [6.45, 7) is 5.61. The molecule has 2 unspecified atom stereocenters. The lowest BCUT2D eigenvalue weighted by molar-refractivity contribution is -0.123. The fourth-order valence-electron chi connectivity index (χ4n) is 1.90. The smallest absolute Gasteiger partial charge is 0.222 e. The molecular weight excluding hydrogens is 226 g/mol. The largest absolute Gasteiger partial charge is 0.378 e. The van der Waals surface area contributed by atoms with E-state index in [1.807, 2.05) is 0 Å². The number of carbonyl (C=O) groups excluding carboxylic acids is 1. The first kappa shape index (κ1) is 13.8. The number of carbonyl (C=O) groups is 1. The van der Waals surface area contributed by atoms with Crippen LogP contribution in [0.5, 0.6) is 0 Å². The van der Waals surface area contributed by atoms with Crippen molar-refractivity contribution in [2.24, 2.45) is 5.92 Å². The molecule has 3 nitrogen and oxygen atoms in total. The number of nitrogens with one attached hydrogen (secondary N) is 1. The van der Waals surface area contributed by atoms with E-state index in [1.165, 1.54) is 0 Å². The average Bonchev–Trinajstić information content (AvgIpc) is 2.66. The first-order chi connectivity index (χ1) is 7.58. The Bertz CT molecular complexity index is 215. The van der Waals surface area contributed by atoms with Crippen LogP contribution in [-0.4, -0.2) is 30.5 Å². The van der Waals surface area contributed by atoms with Gasteiger partial charge in [0.2, 0.25) is 5.91 Å². The van der Waals surface area contributed by atoms with Crippen LogP contribution in [0.1, 0.15) is 39.5 Å². The summed E-state index contributed by atoms with van der Waals surface area (Å²) in [6, 6.07) is 0. The van der Waals surface area contributed by atoms with E-state index in [9.17, 15) is 4.79 Å². The van der Waals surface area contributed by atoms with E-state index in [0.717, 1.165) is 25.9 Å². The number of amides is 1. The van der Waals surface area contributed by atoms with Gasteiger partial charge in [-0.3, -0.25) is 4.79 Å². The molecule has 1 saturated heterocycles. The van der Waals surface area contributed by atoms with Crippen molar-refractivity contribution in [2.75, 3.05) is 13.2 Å². The fraction of sp³-hybridized carbons (Fsp3) is 0.917. The van der Waals surface area contributed by atoms with Crippen molar-refractivity contribution < 1.29 is 9.53 Å². The van der Waals surface area contributed by atoms with Gasteiger partial charge in [-0.1, -0.05) is 13.8 Å². The quantitative estimate of drug-likeness (QED) is 0.732. The van der Waals surface area contributed by atoms with Crippen molar-refractivity contribution in [1.82, 2.24) is 5.32 Å². The summed E-state index contributed by atoms with van der Waals surface area (Å²) in [6.07, 6.45) is 3.61. The Labute approximate surface area is 103 Å². The van der Waals surface area contributed by atoms with Crippen LogP contribution in [0, 0.1) is 5.92 Å². The Morgan fingerprint density at radius 2 is 2.31 bits per heavy atom. The summed E-state index contributed by atoms with van der Waals surface area (Å²) < 4.78 is 5.40. The maximum atomic E-state index is 11.5. The minimum atomic E-state index is 0.0356. The molecule has 1 N–H and O–H groups in total. The highest BCUT2D eigenvalue weighted by atomic mass is 35.5. The predicted molar refractivity (Wildman–Crippen MR) is 65.7 cm³/mol.